The van der Waals surface area contributed by atoms with Crippen LogP contribution in [0.3, 0.4) is 0 Å². The van der Waals surface area contributed by atoms with E-state index in [0.29, 0.717) is 5.46 Å². The van der Waals surface area contributed by atoms with Gasteiger partial charge < -0.3 is 14.6 Å². The van der Waals surface area contributed by atoms with Crippen molar-refractivity contribution in [1.29, 1.82) is 5.26 Å². The molecule has 1 fully saturated rings. The molecule has 1 saturated heterocycles. The van der Waals surface area contributed by atoms with Crippen molar-refractivity contribution in [1.82, 2.24) is 4.98 Å². The molecule has 0 spiro atoms. The number of halogens is 3. The highest BCUT2D eigenvalue weighted by Gasteiger charge is 2.52. The second kappa shape index (κ2) is 7.41. The number of benzene rings is 1. The monoisotopic (exact) mass is 417 g/mol. The molecule has 0 atom stereocenters. The van der Waals surface area contributed by atoms with E-state index in [-0.39, 0.29) is 16.9 Å². The molecular weight excluding hydrogens is 398 g/mol. The van der Waals surface area contributed by atoms with E-state index in [2.05, 4.69) is 10.3 Å². The fourth-order valence-corrected chi connectivity index (χ4v) is 2.83. The van der Waals surface area contributed by atoms with E-state index in [1.54, 1.807) is 0 Å². The third kappa shape index (κ3) is 4.18. The summed E-state index contributed by atoms with van der Waals surface area (Å²) in [5.74, 6) is -0.942. The lowest BCUT2D eigenvalue weighted by Gasteiger charge is -2.32. The smallest absolute Gasteiger partial charge is 0.399 e. The minimum absolute atomic E-state index is 0.0889. The lowest BCUT2D eigenvalue weighted by Crippen LogP contribution is -2.41. The van der Waals surface area contributed by atoms with Crippen molar-refractivity contribution in [3.8, 4) is 6.07 Å². The van der Waals surface area contributed by atoms with Crippen LogP contribution in [0.1, 0.15) is 49.2 Å². The Morgan fingerprint density at radius 2 is 1.77 bits per heavy atom. The summed E-state index contributed by atoms with van der Waals surface area (Å²) in [6.07, 6.45) is -3.60. The van der Waals surface area contributed by atoms with E-state index < -0.39 is 36.0 Å². The van der Waals surface area contributed by atoms with Crippen LogP contribution in [0.25, 0.3) is 0 Å². The first-order valence-corrected chi connectivity index (χ1v) is 9.08. The minimum atomic E-state index is -4.55. The molecule has 0 unspecified atom stereocenters. The number of aromatic nitrogens is 1. The molecule has 1 amide bonds. The fraction of sp³-hybridized carbons (Fsp3) is 0.350. The number of anilines is 1. The van der Waals surface area contributed by atoms with Crippen molar-refractivity contribution in [3.05, 3.63) is 53.2 Å². The fourth-order valence-electron chi connectivity index (χ4n) is 2.83. The van der Waals surface area contributed by atoms with Gasteiger partial charge in [-0.3, -0.25) is 4.79 Å². The molecule has 3 rings (SSSR count). The van der Waals surface area contributed by atoms with E-state index in [1.807, 2.05) is 33.8 Å². The van der Waals surface area contributed by atoms with Crippen molar-refractivity contribution >= 4 is 24.3 Å². The largest absolute Gasteiger partial charge is 0.496 e. The van der Waals surface area contributed by atoms with Gasteiger partial charge in [0.15, 0.2) is 0 Å². The second-order valence-electron chi connectivity index (χ2n) is 7.88. The van der Waals surface area contributed by atoms with Crippen LogP contribution >= 0.6 is 0 Å². The van der Waals surface area contributed by atoms with Gasteiger partial charge >= 0.3 is 13.3 Å². The van der Waals surface area contributed by atoms with E-state index in [0.717, 1.165) is 18.3 Å². The van der Waals surface area contributed by atoms with Crippen LogP contribution in [-0.2, 0) is 15.5 Å². The Kier molecular flexibility index (Phi) is 5.39. The SMILES string of the molecule is CC1(C)OB(c2ccc(C(=O)Nc3cc(C(F)(F)F)ccn3)cc2C#N)OC1(C)C. The summed E-state index contributed by atoms with van der Waals surface area (Å²) in [7, 11) is -0.785. The number of hydrogen-bond acceptors (Lipinski definition) is 5. The summed E-state index contributed by atoms with van der Waals surface area (Å²) in [6, 6.07) is 7.88. The van der Waals surface area contributed by atoms with E-state index in [1.165, 1.54) is 18.2 Å². The van der Waals surface area contributed by atoms with Crippen LogP contribution in [0.4, 0.5) is 19.0 Å². The molecule has 1 aromatic heterocycles. The standard InChI is InChI=1S/C20H19BF3N3O3/c1-18(2)19(3,4)30-21(29-18)15-6-5-12(9-13(15)11-25)17(28)27-16-10-14(7-8-26-16)20(22,23)24/h5-10H,1-4H3,(H,26,27,28). The topological polar surface area (TPSA) is 84.2 Å². The molecule has 0 radical (unpaired) electrons. The Labute approximate surface area is 172 Å². The first-order valence-electron chi connectivity index (χ1n) is 9.08. The molecule has 1 N–H and O–H groups in total. The van der Waals surface area contributed by atoms with E-state index in [9.17, 15) is 23.2 Å². The van der Waals surface area contributed by atoms with Crippen LogP contribution in [0.5, 0.6) is 0 Å². The van der Waals surface area contributed by atoms with E-state index >= 15 is 0 Å². The number of nitrogens with zero attached hydrogens (tertiary/aromatic N) is 2. The maximum Gasteiger partial charge on any atom is 0.496 e. The number of pyridine rings is 1. The molecule has 0 bridgehead atoms. The summed E-state index contributed by atoms with van der Waals surface area (Å²) in [4.78, 5) is 16.2. The zero-order valence-electron chi connectivity index (χ0n) is 16.8. The highest BCUT2D eigenvalue weighted by atomic mass is 19.4. The average molecular weight is 417 g/mol. The van der Waals surface area contributed by atoms with Gasteiger partial charge in [-0.05, 0) is 52.0 Å². The van der Waals surface area contributed by atoms with Gasteiger partial charge in [-0.25, -0.2) is 4.98 Å². The zero-order valence-corrected chi connectivity index (χ0v) is 16.8. The molecule has 1 aliphatic heterocycles. The number of amides is 1. The Morgan fingerprint density at radius 1 is 1.13 bits per heavy atom. The van der Waals surface area contributed by atoms with Crippen molar-refractivity contribution < 1.29 is 27.3 Å². The minimum Gasteiger partial charge on any atom is -0.399 e. The van der Waals surface area contributed by atoms with Gasteiger partial charge in [0.25, 0.3) is 5.91 Å². The lowest BCUT2D eigenvalue weighted by molar-refractivity contribution is -0.137. The Bertz CT molecular complexity index is 1020. The summed E-state index contributed by atoms with van der Waals surface area (Å²) in [5.41, 5.74) is -1.42. The van der Waals surface area contributed by atoms with Gasteiger partial charge in [-0.2, -0.15) is 18.4 Å². The van der Waals surface area contributed by atoms with Gasteiger partial charge in [0, 0.05) is 17.2 Å². The number of carbonyl (C=O) groups excluding carboxylic acids is 1. The predicted octanol–water partition coefficient (Wildman–Crippen LogP) is 3.52. The van der Waals surface area contributed by atoms with E-state index in [4.69, 9.17) is 9.31 Å². The summed E-state index contributed by atoms with van der Waals surface area (Å²) in [5, 5.41) is 11.8. The second-order valence-corrected chi connectivity index (χ2v) is 7.88. The number of alkyl halides is 3. The lowest BCUT2D eigenvalue weighted by atomic mass is 9.75. The molecule has 30 heavy (non-hydrogen) atoms. The molecule has 156 valence electrons. The highest BCUT2D eigenvalue weighted by molar-refractivity contribution is 6.62. The quantitative estimate of drug-likeness (QED) is 0.773. The zero-order chi connectivity index (χ0) is 22.3. The third-order valence-corrected chi connectivity index (χ3v) is 5.27. The highest BCUT2D eigenvalue weighted by Crippen LogP contribution is 2.36. The van der Waals surface area contributed by atoms with Crippen LogP contribution in [-0.4, -0.2) is 29.2 Å². The van der Waals surface area contributed by atoms with Crippen LogP contribution < -0.4 is 10.8 Å². The van der Waals surface area contributed by atoms with Crippen LogP contribution in [0.2, 0.25) is 0 Å². The van der Waals surface area contributed by atoms with Crippen molar-refractivity contribution in [3.63, 3.8) is 0 Å². The molecule has 2 heterocycles. The summed E-state index contributed by atoms with van der Waals surface area (Å²) < 4.78 is 50.4. The molecule has 1 aromatic carbocycles. The molecule has 0 saturated carbocycles. The van der Waals surface area contributed by atoms with Crippen molar-refractivity contribution in [2.24, 2.45) is 0 Å². The maximum absolute atomic E-state index is 12.8. The molecule has 6 nitrogen and oxygen atoms in total. The molecule has 0 aliphatic carbocycles. The Morgan fingerprint density at radius 3 is 2.33 bits per heavy atom. The molecule has 10 heteroatoms. The normalized spacial score (nSPS) is 17.5. The number of nitriles is 1. The summed E-state index contributed by atoms with van der Waals surface area (Å²) in [6.45, 7) is 7.51. The van der Waals surface area contributed by atoms with Gasteiger partial charge in [-0.15, -0.1) is 0 Å². The average Bonchev–Trinajstić information content (AvgIpc) is 2.88. The van der Waals surface area contributed by atoms with Crippen molar-refractivity contribution in [2.75, 3.05) is 5.32 Å². The summed E-state index contributed by atoms with van der Waals surface area (Å²) >= 11 is 0. The van der Waals surface area contributed by atoms with Gasteiger partial charge in [0.1, 0.15) is 5.82 Å². The molecule has 2 aromatic rings. The first-order chi connectivity index (χ1) is 13.8. The van der Waals surface area contributed by atoms with Gasteiger partial charge in [0.05, 0.1) is 28.4 Å². The van der Waals surface area contributed by atoms with Gasteiger partial charge in [-0.1, -0.05) is 6.07 Å². The predicted molar refractivity (Wildman–Crippen MR) is 104 cm³/mol. The Hall–Kier alpha value is -2.90. The molecule has 1 aliphatic rings. The van der Waals surface area contributed by atoms with Crippen molar-refractivity contribution in [2.45, 2.75) is 45.1 Å². The number of rotatable bonds is 3. The van der Waals surface area contributed by atoms with Crippen LogP contribution in [0, 0.1) is 11.3 Å². The number of carbonyl (C=O) groups is 1. The first kappa shape index (κ1) is 21.8. The van der Waals surface area contributed by atoms with Gasteiger partial charge in [0.2, 0.25) is 0 Å². The molecular formula is C20H19BF3N3O3. The number of nitrogens with one attached hydrogen (secondary N) is 1. The third-order valence-electron chi connectivity index (χ3n) is 5.27. The Balaban J connectivity index is 1.84. The maximum atomic E-state index is 12.8. The number of hydrogen-bond donors (Lipinski definition) is 1. The van der Waals surface area contributed by atoms with Crippen LogP contribution in [0.15, 0.2) is 36.5 Å².